The number of non-ortho nitro benzene ring substituents is 1. The largest absolute Gasteiger partial charge is 0.355 e. The molecule has 1 atom stereocenters. The third-order valence-electron chi connectivity index (χ3n) is 5.70. The van der Waals surface area contributed by atoms with Crippen LogP contribution in [0.3, 0.4) is 0 Å². The molecular weight excluding hydrogens is 532 g/mol. The van der Waals surface area contributed by atoms with E-state index in [-0.39, 0.29) is 22.8 Å². The number of nitrogens with one attached hydrogen (secondary N) is 1. The van der Waals surface area contributed by atoms with Gasteiger partial charge in [0.15, 0.2) is 0 Å². The Balaban J connectivity index is 2.06. The molecule has 0 spiro atoms. The van der Waals surface area contributed by atoms with Crippen LogP contribution < -0.4 is 9.62 Å². The first-order valence-corrected chi connectivity index (χ1v) is 13.5. The zero-order valence-electron chi connectivity index (χ0n) is 20.8. The minimum Gasteiger partial charge on any atom is -0.355 e. The maximum atomic E-state index is 13.7. The molecule has 3 aromatic carbocycles. The normalized spacial score (nSPS) is 11.9. The van der Waals surface area contributed by atoms with Crippen LogP contribution in [-0.4, -0.2) is 49.2 Å². The van der Waals surface area contributed by atoms with Gasteiger partial charge in [0.1, 0.15) is 12.6 Å². The third kappa shape index (κ3) is 6.87. The summed E-state index contributed by atoms with van der Waals surface area (Å²) in [6, 6.07) is 18.2. The molecule has 0 fully saturated rings. The SMILES string of the molecule is CCNC(=O)[C@H](C)N(Cc1cccc(Cl)c1)C(=O)CN(c1cccc([N+](=O)[O-])c1)S(=O)(=O)c1ccccc1. The van der Waals surface area contributed by atoms with E-state index in [9.17, 15) is 28.1 Å². The lowest BCUT2D eigenvalue weighted by Crippen LogP contribution is -2.51. The summed E-state index contributed by atoms with van der Waals surface area (Å²) in [5.41, 5.74) is 0.231. The van der Waals surface area contributed by atoms with Crippen molar-refractivity contribution in [3.8, 4) is 0 Å². The van der Waals surface area contributed by atoms with Crippen molar-refractivity contribution >= 4 is 44.8 Å². The highest BCUT2D eigenvalue weighted by molar-refractivity contribution is 7.92. The summed E-state index contributed by atoms with van der Waals surface area (Å²) in [6.45, 7) is 2.89. The van der Waals surface area contributed by atoms with Gasteiger partial charge in [-0.05, 0) is 49.7 Å². The highest BCUT2D eigenvalue weighted by atomic mass is 35.5. The van der Waals surface area contributed by atoms with E-state index in [0.717, 1.165) is 10.4 Å². The highest BCUT2D eigenvalue weighted by Crippen LogP contribution is 2.27. The fourth-order valence-electron chi connectivity index (χ4n) is 3.75. The van der Waals surface area contributed by atoms with Crippen LogP contribution in [0.1, 0.15) is 19.4 Å². The summed E-state index contributed by atoms with van der Waals surface area (Å²) in [6.07, 6.45) is 0. The number of anilines is 1. The monoisotopic (exact) mass is 558 g/mol. The average Bonchev–Trinajstić information content (AvgIpc) is 2.90. The molecule has 0 aliphatic heterocycles. The number of rotatable bonds is 11. The number of carbonyl (C=O) groups excluding carboxylic acids is 2. The zero-order chi connectivity index (χ0) is 27.9. The van der Waals surface area contributed by atoms with Crippen LogP contribution in [0.15, 0.2) is 83.8 Å². The number of sulfonamides is 1. The van der Waals surface area contributed by atoms with E-state index in [4.69, 9.17) is 11.6 Å². The van der Waals surface area contributed by atoms with Crippen molar-refractivity contribution in [2.75, 3.05) is 17.4 Å². The second-order valence-electron chi connectivity index (χ2n) is 8.32. The summed E-state index contributed by atoms with van der Waals surface area (Å²) in [7, 11) is -4.32. The molecule has 0 bridgehead atoms. The molecule has 0 unspecified atom stereocenters. The van der Waals surface area contributed by atoms with Crippen molar-refractivity contribution in [1.82, 2.24) is 10.2 Å². The Labute approximate surface area is 226 Å². The molecule has 0 heterocycles. The molecule has 38 heavy (non-hydrogen) atoms. The number of benzene rings is 3. The van der Waals surface area contributed by atoms with E-state index >= 15 is 0 Å². The Hall–Kier alpha value is -3.96. The third-order valence-corrected chi connectivity index (χ3v) is 7.72. The van der Waals surface area contributed by atoms with Crippen molar-refractivity contribution in [3.63, 3.8) is 0 Å². The van der Waals surface area contributed by atoms with Gasteiger partial charge in [0.05, 0.1) is 15.5 Å². The van der Waals surface area contributed by atoms with Crippen molar-refractivity contribution < 1.29 is 22.9 Å². The number of hydrogen-bond donors (Lipinski definition) is 1. The molecule has 0 saturated carbocycles. The highest BCUT2D eigenvalue weighted by Gasteiger charge is 2.33. The smallest absolute Gasteiger partial charge is 0.271 e. The van der Waals surface area contributed by atoms with Crippen LogP contribution in [0.25, 0.3) is 0 Å². The predicted octanol–water partition coefficient (Wildman–Crippen LogP) is 4.00. The topological polar surface area (TPSA) is 130 Å². The molecule has 0 radical (unpaired) electrons. The minimum atomic E-state index is -4.32. The molecular formula is C26H27ClN4O6S. The van der Waals surface area contributed by atoms with Crippen LogP contribution in [0.5, 0.6) is 0 Å². The molecule has 0 saturated heterocycles. The Morgan fingerprint density at radius 2 is 1.71 bits per heavy atom. The van der Waals surface area contributed by atoms with Gasteiger partial charge in [-0.15, -0.1) is 0 Å². The first kappa shape index (κ1) is 28.6. The summed E-state index contributed by atoms with van der Waals surface area (Å²) in [5, 5.41) is 14.5. The van der Waals surface area contributed by atoms with Gasteiger partial charge in [0.25, 0.3) is 15.7 Å². The quantitative estimate of drug-likeness (QED) is 0.280. The minimum absolute atomic E-state index is 0.0220. The Morgan fingerprint density at radius 1 is 1.03 bits per heavy atom. The molecule has 1 N–H and O–H groups in total. The Morgan fingerprint density at radius 3 is 2.34 bits per heavy atom. The fraction of sp³-hybridized carbons (Fsp3) is 0.231. The fourth-order valence-corrected chi connectivity index (χ4v) is 5.39. The number of halogens is 1. The summed E-state index contributed by atoms with van der Waals surface area (Å²) >= 11 is 6.11. The van der Waals surface area contributed by atoms with E-state index in [0.29, 0.717) is 17.1 Å². The summed E-state index contributed by atoms with van der Waals surface area (Å²) in [5.74, 6) is -1.11. The summed E-state index contributed by atoms with van der Waals surface area (Å²) < 4.78 is 28.2. The van der Waals surface area contributed by atoms with Crippen LogP contribution in [0, 0.1) is 10.1 Å². The maximum Gasteiger partial charge on any atom is 0.271 e. The number of nitrogens with zero attached hydrogens (tertiary/aromatic N) is 3. The molecule has 0 aliphatic carbocycles. The van der Waals surface area contributed by atoms with Gasteiger partial charge in [-0.3, -0.25) is 24.0 Å². The van der Waals surface area contributed by atoms with E-state index in [1.54, 1.807) is 37.3 Å². The van der Waals surface area contributed by atoms with Gasteiger partial charge in [0, 0.05) is 30.2 Å². The molecule has 0 aliphatic rings. The van der Waals surface area contributed by atoms with Crippen molar-refractivity contribution in [1.29, 1.82) is 0 Å². The van der Waals surface area contributed by atoms with Gasteiger partial charge >= 0.3 is 0 Å². The molecule has 3 aromatic rings. The van der Waals surface area contributed by atoms with E-state index in [1.165, 1.54) is 54.3 Å². The van der Waals surface area contributed by atoms with E-state index < -0.39 is 39.3 Å². The predicted molar refractivity (Wildman–Crippen MR) is 144 cm³/mol. The number of carbonyl (C=O) groups is 2. The Bertz CT molecular complexity index is 1420. The number of nitro benzene ring substituents is 1. The number of nitro groups is 1. The number of amides is 2. The second kappa shape index (κ2) is 12.5. The van der Waals surface area contributed by atoms with Gasteiger partial charge in [-0.2, -0.15) is 0 Å². The number of likely N-dealkylation sites (N-methyl/N-ethyl adjacent to an activating group) is 1. The maximum absolute atomic E-state index is 13.7. The first-order chi connectivity index (χ1) is 18.0. The first-order valence-electron chi connectivity index (χ1n) is 11.7. The van der Waals surface area contributed by atoms with Crippen molar-refractivity contribution in [2.24, 2.45) is 0 Å². The van der Waals surface area contributed by atoms with Gasteiger partial charge < -0.3 is 10.2 Å². The lowest BCUT2D eigenvalue weighted by atomic mass is 10.1. The molecule has 2 amide bonds. The number of hydrogen-bond acceptors (Lipinski definition) is 6. The van der Waals surface area contributed by atoms with Gasteiger partial charge in [0.2, 0.25) is 11.8 Å². The molecule has 3 rings (SSSR count). The lowest BCUT2D eigenvalue weighted by Gasteiger charge is -2.32. The molecule has 0 aromatic heterocycles. The van der Waals surface area contributed by atoms with Crippen LogP contribution >= 0.6 is 11.6 Å². The van der Waals surface area contributed by atoms with Crippen LogP contribution in [-0.2, 0) is 26.2 Å². The average molecular weight is 559 g/mol. The van der Waals surface area contributed by atoms with Gasteiger partial charge in [-0.1, -0.05) is 48.0 Å². The Kier molecular flexibility index (Phi) is 9.43. The molecule has 10 nitrogen and oxygen atoms in total. The van der Waals surface area contributed by atoms with Crippen molar-refractivity contribution in [3.05, 3.63) is 99.6 Å². The summed E-state index contributed by atoms with van der Waals surface area (Å²) in [4.78, 5) is 38.3. The molecule has 12 heteroatoms. The second-order valence-corrected chi connectivity index (χ2v) is 10.6. The zero-order valence-corrected chi connectivity index (χ0v) is 22.4. The van der Waals surface area contributed by atoms with Gasteiger partial charge in [-0.25, -0.2) is 8.42 Å². The van der Waals surface area contributed by atoms with E-state index in [1.807, 2.05) is 0 Å². The standard InChI is InChI=1S/C26H27ClN4O6S/c1-3-28-26(33)19(2)29(17-20-9-7-10-21(27)15-20)25(32)18-30(22-11-8-12-23(16-22)31(34)35)38(36,37)24-13-5-4-6-14-24/h4-16,19H,3,17-18H2,1-2H3,(H,28,33)/t19-/m0/s1. The van der Waals surface area contributed by atoms with Crippen LogP contribution in [0.2, 0.25) is 5.02 Å². The lowest BCUT2D eigenvalue weighted by molar-refractivity contribution is -0.384. The van der Waals surface area contributed by atoms with Crippen molar-refractivity contribution in [2.45, 2.75) is 31.3 Å². The molecule has 200 valence electrons. The van der Waals surface area contributed by atoms with Crippen LogP contribution in [0.4, 0.5) is 11.4 Å². The van der Waals surface area contributed by atoms with E-state index in [2.05, 4.69) is 5.32 Å².